The fourth-order valence-electron chi connectivity index (χ4n) is 2.32. The van der Waals surface area contributed by atoms with Gasteiger partial charge >= 0.3 is 5.97 Å². The predicted octanol–water partition coefficient (Wildman–Crippen LogP) is 3.86. The summed E-state index contributed by atoms with van der Waals surface area (Å²) in [7, 11) is 0. The number of nitrogens with zero attached hydrogens (tertiary/aromatic N) is 1. The van der Waals surface area contributed by atoms with Crippen LogP contribution in [0.2, 0.25) is 0 Å². The summed E-state index contributed by atoms with van der Waals surface area (Å²) in [6.07, 6.45) is 2.02. The lowest BCUT2D eigenvalue weighted by Crippen LogP contribution is -2.20. The van der Waals surface area contributed by atoms with Crippen LogP contribution in [-0.2, 0) is 4.74 Å². The summed E-state index contributed by atoms with van der Waals surface area (Å²) in [6, 6.07) is 20.9. The highest BCUT2D eigenvalue weighted by molar-refractivity contribution is 6.02. The van der Waals surface area contributed by atoms with Gasteiger partial charge in [-0.15, -0.1) is 0 Å². The Morgan fingerprint density at radius 1 is 0.750 bits per heavy atom. The van der Waals surface area contributed by atoms with Crippen LogP contribution in [0.15, 0.2) is 85.2 Å². The maximum atomic E-state index is 12.8. The second kappa shape index (κ2) is 7.33. The Morgan fingerprint density at radius 3 is 1.96 bits per heavy atom. The molecule has 0 spiro atoms. The second-order valence-electron chi connectivity index (χ2n) is 5.16. The minimum atomic E-state index is -0.991. The first-order valence-corrected chi connectivity index (χ1v) is 7.51. The summed E-state index contributed by atoms with van der Waals surface area (Å²) in [5.74, 6) is -0.820. The van der Waals surface area contributed by atoms with Gasteiger partial charge in [-0.1, -0.05) is 60.7 Å². The molecule has 4 heteroatoms. The fourth-order valence-corrected chi connectivity index (χ4v) is 2.32. The number of benzene rings is 2. The van der Waals surface area contributed by atoms with Crippen molar-refractivity contribution in [2.45, 2.75) is 6.10 Å². The first-order valence-electron chi connectivity index (χ1n) is 7.51. The first kappa shape index (κ1) is 15.6. The van der Waals surface area contributed by atoms with E-state index in [0.29, 0.717) is 16.7 Å². The summed E-state index contributed by atoms with van der Waals surface area (Å²) in [5.41, 5.74) is 1.48. The van der Waals surface area contributed by atoms with E-state index in [0.717, 1.165) is 0 Å². The molecule has 4 nitrogen and oxygen atoms in total. The molecule has 118 valence electrons. The molecule has 0 N–H and O–H groups in total. The van der Waals surface area contributed by atoms with Gasteiger partial charge in [0.25, 0.3) is 0 Å². The number of carbonyl (C=O) groups excluding carboxylic acids is 2. The smallest absolute Gasteiger partial charge is 0.339 e. The Morgan fingerprint density at radius 2 is 1.33 bits per heavy atom. The molecule has 0 radical (unpaired) electrons. The number of ketones is 1. The quantitative estimate of drug-likeness (QED) is 0.529. The molecule has 1 atom stereocenters. The molecule has 0 saturated carbocycles. The Hall–Kier alpha value is -3.27. The molecule has 1 heterocycles. The number of hydrogen-bond donors (Lipinski definition) is 0. The van der Waals surface area contributed by atoms with Crippen LogP contribution < -0.4 is 0 Å². The van der Waals surface area contributed by atoms with E-state index < -0.39 is 12.1 Å². The third-order valence-corrected chi connectivity index (χ3v) is 3.54. The molecule has 24 heavy (non-hydrogen) atoms. The zero-order chi connectivity index (χ0) is 16.8. The standard InChI is InChI=1S/C20H15NO3/c22-18(15-7-3-1-4-8-15)19(16-9-5-2-6-10-16)24-20(23)17-11-13-21-14-12-17/h1-14,19H/t19-/m0/s1. The second-order valence-corrected chi connectivity index (χ2v) is 5.16. The number of pyridine rings is 1. The van der Waals surface area contributed by atoms with Crippen LogP contribution >= 0.6 is 0 Å². The topological polar surface area (TPSA) is 56.3 Å². The van der Waals surface area contributed by atoms with Crippen LogP contribution in [0.1, 0.15) is 32.4 Å². The summed E-state index contributed by atoms with van der Waals surface area (Å²) in [6.45, 7) is 0. The number of hydrogen-bond acceptors (Lipinski definition) is 4. The average Bonchev–Trinajstić information content (AvgIpc) is 2.67. The van der Waals surface area contributed by atoms with Gasteiger partial charge in [0.1, 0.15) is 0 Å². The van der Waals surface area contributed by atoms with Crippen molar-refractivity contribution in [1.82, 2.24) is 4.98 Å². The normalized spacial score (nSPS) is 11.5. The van der Waals surface area contributed by atoms with Crippen molar-refractivity contribution in [2.75, 3.05) is 0 Å². The van der Waals surface area contributed by atoms with Crippen molar-refractivity contribution in [2.24, 2.45) is 0 Å². The maximum absolute atomic E-state index is 12.8. The van der Waals surface area contributed by atoms with Gasteiger partial charge in [-0.05, 0) is 12.1 Å². The largest absolute Gasteiger partial charge is 0.445 e. The maximum Gasteiger partial charge on any atom is 0.339 e. The molecule has 3 rings (SSSR count). The zero-order valence-electron chi connectivity index (χ0n) is 12.8. The van der Waals surface area contributed by atoms with Crippen molar-refractivity contribution in [3.8, 4) is 0 Å². The van der Waals surface area contributed by atoms with E-state index in [2.05, 4.69) is 4.98 Å². The SMILES string of the molecule is O=C(O[C@H](C(=O)c1ccccc1)c1ccccc1)c1ccncc1. The van der Waals surface area contributed by atoms with Crippen LogP contribution in [0, 0.1) is 0 Å². The molecule has 0 aliphatic heterocycles. The third kappa shape index (κ3) is 3.55. The van der Waals surface area contributed by atoms with Gasteiger partial charge < -0.3 is 4.74 Å². The van der Waals surface area contributed by atoms with Gasteiger partial charge in [-0.3, -0.25) is 9.78 Å². The van der Waals surface area contributed by atoms with Gasteiger partial charge in [0.2, 0.25) is 5.78 Å². The highest BCUT2D eigenvalue weighted by Crippen LogP contribution is 2.23. The number of ether oxygens (including phenoxy) is 1. The fraction of sp³-hybridized carbons (Fsp3) is 0.0500. The van der Waals surface area contributed by atoms with E-state index >= 15 is 0 Å². The number of aromatic nitrogens is 1. The van der Waals surface area contributed by atoms with Crippen LogP contribution in [0.25, 0.3) is 0 Å². The van der Waals surface area contributed by atoms with E-state index in [-0.39, 0.29) is 5.78 Å². The lowest BCUT2D eigenvalue weighted by molar-refractivity contribution is 0.0280. The van der Waals surface area contributed by atoms with E-state index in [4.69, 9.17) is 4.74 Å². The molecule has 3 aromatic rings. The average molecular weight is 317 g/mol. The Balaban J connectivity index is 1.91. The highest BCUT2D eigenvalue weighted by atomic mass is 16.5. The Labute approximate surface area is 139 Å². The lowest BCUT2D eigenvalue weighted by atomic mass is 10.00. The van der Waals surface area contributed by atoms with Gasteiger partial charge in [-0.25, -0.2) is 4.79 Å². The van der Waals surface area contributed by atoms with Gasteiger partial charge in [0, 0.05) is 23.5 Å². The molecular formula is C20H15NO3. The summed E-state index contributed by atoms with van der Waals surface area (Å²) in [4.78, 5) is 29.1. The molecule has 0 saturated heterocycles. The van der Waals surface area contributed by atoms with Gasteiger partial charge in [-0.2, -0.15) is 0 Å². The molecule has 0 fully saturated rings. The number of carbonyl (C=O) groups is 2. The van der Waals surface area contributed by atoms with Crippen molar-refractivity contribution in [3.05, 3.63) is 102 Å². The predicted molar refractivity (Wildman–Crippen MR) is 89.6 cm³/mol. The van der Waals surface area contributed by atoms with Crippen molar-refractivity contribution >= 4 is 11.8 Å². The molecule has 0 amide bonds. The molecule has 0 unspecified atom stereocenters. The van der Waals surface area contributed by atoms with Crippen molar-refractivity contribution < 1.29 is 14.3 Å². The molecular weight excluding hydrogens is 302 g/mol. The number of rotatable bonds is 5. The minimum Gasteiger partial charge on any atom is -0.445 e. The third-order valence-electron chi connectivity index (χ3n) is 3.54. The van der Waals surface area contributed by atoms with Crippen LogP contribution in [0.4, 0.5) is 0 Å². The van der Waals surface area contributed by atoms with Gasteiger partial charge in [0.15, 0.2) is 6.10 Å². The molecule has 1 aromatic heterocycles. The Bertz CT molecular complexity index is 817. The number of esters is 1. The lowest BCUT2D eigenvalue weighted by Gasteiger charge is -2.17. The molecule has 0 aliphatic rings. The van der Waals surface area contributed by atoms with E-state index in [1.165, 1.54) is 12.4 Å². The summed E-state index contributed by atoms with van der Waals surface area (Å²) >= 11 is 0. The number of Topliss-reactive ketones (excluding diaryl/α,β-unsaturated/α-hetero) is 1. The Kier molecular flexibility index (Phi) is 4.77. The zero-order valence-corrected chi connectivity index (χ0v) is 12.8. The van der Waals surface area contributed by atoms with Crippen LogP contribution in [-0.4, -0.2) is 16.7 Å². The van der Waals surface area contributed by atoms with Gasteiger partial charge in [0.05, 0.1) is 5.56 Å². The van der Waals surface area contributed by atoms with E-state index in [1.54, 1.807) is 60.7 Å². The molecule has 2 aromatic carbocycles. The van der Waals surface area contributed by atoms with Crippen molar-refractivity contribution in [3.63, 3.8) is 0 Å². The summed E-state index contributed by atoms with van der Waals surface area (Å²) < 4.78 is 5.52. The monoisotopic (exact) mass is 317 g/mol. The van der Waals surface area contributed by atoms with E-state index in [9.17, 15) is 9.59 Å². The summed E-state index contributed by atoms with van der Waals surface area (Å²) in [5, 5.41) is 0. The van der Waals surface area contributed by atoms with Crippen molar-refractivity contribution in [1.29, 1.82) is 0 Å². The van der Waals surface area contributed by atoms with E-state index in [1.807, 2.05) is 12.1 Å². The highest BCUT2D eigenvalue weighted by Gasteiger charge is 2.26. The van der Waals surface area contributed by atoms with Crippen LogP contribution in [0.5, 0.6) is 0 Å². The molecule has 0 bridgehead atoms. The molecule has 0 aliphatic carbocycles. The first-order chi connectivity index (χ1) is 11.8. The minimum absolute atomic E-state index is 0.260. The van der Waals surface area contributed by atoms with Crippen LogP contribution in [0.3, 0.4) is 0 Å².